The van der Waals surface area contributed by atoms with Crippen LogP contribution < -0.4 is 5.32 Å². The third kappa shape index (κ3) is 5.73. The zero-order valence-electron chi connectivity index (χ0n) is 19.3. The largest absolute Gasteiger partial charge is 0.417 e. The Morgan fingerprint density at radius 3 is 2.06 bits per heavy atom. The summed E-state index contributed by atoms with van der Waals surface area (Å²) in [7, 11) is 0. The first-order valence-corrected chi connectivity index (χ1v) is 11.4. The predicted molar refractivity (Wildman–Crippen MR) is 128 cm³/mol. The van der Waals surface area contributed by atoms with Gasteiger partial charge in [0.25, 0.3) is 11.8 Å². The number of hydrogen-bond donors (Lipinski definition) is 1. The number of benzene rings is 3. The highest BCUT2D eigenvalue weighted by atomic mass is 19.4. The van der Waals surface area contributed by atoms with Gasteiger partial charge in [0.05, 0.1) is 17.7 Å². The van der Waals surface area contributed by atoms with Crippen molar-refractivity contribution in [1.82, 2.24) is 15.1 Å². The summed E-state index contributed by atoms with van der Waals surface area (Å²) in [6.07, 6.45) is -4.64. The summed E-state index contributed by atoms with van der Waals surface area (Å²) in [4.78, 5) is 40.7. The Morgan fingerprint density at radius 2 is 1.36 bits per heavy atom. The molecule has 9 heteroatoms. The average molecular weight is 496 g/mol. The van der Waals surface area contributed by atoms with Gasteiger partial charge in [0.1, 0.15) is 0 Å². The molecule has 0 atom stereocenters. The molecule has 1 saturated heterocycles. The van der Waals surface area contributed by atoms with Crippen molar-refractivity contribution in [2.45, 2.75) is 6.18 Å². The summed E-state index contributed by atoms with van der Waals surface area (Å²) in [6.45, 7) is 0.309. The molecule has 0 bridgehead atoms. The van der Waals surface area contributed by atoms with Gasteiger partial charge in [-0.05, 0) is 35.4 Å². The number of carbonyl (C=O) groups excluding carboxylic acids is 3. The smallest absolute Gasteiger partial charge is 0.343 e. The van der Waals surface area contributed by atoms with Crippen LogP contribution in [0.5, 0.6) is 0 Å². The minimum Gasteiger partial charge on any atom is -0.343 e. The summed E-state index contributed by atoms with van der Waals surface area (Å²) in [5.41, 5.74) is 0.876. The highest BCUT2D eigenvalue weighted by molar-refractivity contribution is 5.98. The summed E-state index contributed by atoms with van der Waals surface area (Å²) < 4.78 is 39.8. The highest BCUT2D eigenvalue weighted by Gasteiger charge is 2.36. The van der Waals surface area contributed by atoms with Crippen LogP contribution in [-0.2, 0) is 11.0 Å². The fraction of sp³-hybridized carbons (Fsp3) is 0.222. The second-order valence-corrected chi connectivity index (χ2v) is 8.35. The van der Waals surface area contributed by atoms with E-state index in [1.807, 2.05) is 36.4 Å². The summed E-state index contributed by atoms with van der Waals surface area (Å²) in [5, 5.41) is 2.62. The molecule has 0 radical (unpaired) electrons. The molecule has 1 aliphatic heterocycles. The molecule has 4 rings (SSSR count). The molecule has 6 nitrogen and oxygen atoms in total. The van der Waals surface area contributed by atoms with Crippen molar-refractivity contribution < 1.29 is 27.6 Å². The van der Waals surface area contributed by atoms with Crippen LogP contribution in [0.2, 0.25) is 0 Å². The average Bonchev–Trinajstić information content (AvgIpc) is 2.91. The van der Waals surface area contributed by atoms with Crippen LogP contribution >= 0.6 is 0 Å². The number of halogens is 3. The van der Waals surface area contributed by atoms with Crippen LogP contribution in [0.1, 0.15) is 26.3 Å². The summed E-state index contributed by atoms with van der Waals surface area (Å²) in [6, 6.07) is 21.3. The van der Waals surface area contributed by atoms with E-state index in [4.69, 9.17) is 0 Å². The predicted octanol–water partition coefficient (Wildman–Crippen LogP) is 4.09. The van der Waals surface area contributed by atoms with Gasteiger partial charge >= 0.3 is 6.18 Å². The van der Waals surface area contributed by atoms with Crippen molar-refractivity contribution in [3.05, 3.63) is 95.6 Å². The molecular formula is C27H24F3N3O3. The molecule has 1 fully saturated rings. The number of alkyl halides is 3. The Balaban J connectivity index is 1.31. The number of hydrogen-bond acceptors (Lipinski definition) is 3. The zero-order chi connectivity index (χ0) is 25.7. The first-order valence-electron chi connectivity index (χ1n) is 11.4. The fourth-order valence-corrected chi connectivity index (χ4v) is 4.09. The number of piperazine rings is 1. The molecule has 0 aliphatic carbocycles. The number of amides is 3. The molecule has 3 amide bonds. The van der Waals surface area contributed by atoms with Crippen LogP contribution in [0.3, 0.4) is 0 Å². The zero-order valence-corrected chi connectivity index (χ0v) is 19.3. The lowest BCUT2D eigenvalue weighted by molar-refractivity contribution is -0.138. The second-order valence-electron chi connectivity index (χ2n) is 8.35. The van der Waals surface area contributed by atoms with Gasteiger partial charge in [0.2, 0.25) is 5.91 Å². The van der Waals surface area contributed by atoms with E-state index in [2.05, 4.69) is 5.32 Å². The third-order valence-corrected chi connectivity index (χ3v) is 6.01. The van der Waals surface area contributed by atoms with Gasteiger partial charge in [0.15, 0.2) is 0 Å². The van der Waals surface area contributed by atoms with Gasteiger partial charge in [-0.1, -0.05) is 54.6 Å². The topological polar surface area (TPSA) is 69.7 Å². The Hall–Kier alpha value is -4.14. The van der Waals surface area contributed by atoms with Crippen LogP contribution in [0.25, 0.3) is 11.1 Å². The monoisotopic (exact) mass is 495 g/mol. The lowest BCUT2D eigenvalue weighted by atomic mass is 10.0. The van der Waals surface area contributed by atoms with E-state index in [1.54, 1.807) is 18.2 Å². The number of nitrogens with one attached hydrogen (secondary N) is 1. The first-order chi connectivity index (χ1) is 17.2. The maximum absolute atomic E-state index is 13.3. The van der Waals surface area contributed by atoms with Gasteiger partial charge in [-0.2, -0.15) is 13.2 Å². The lowest BCUT2D eigenvalue weighted by Gasteiger charge is -2.35. The Morgan fingerprint density at radius 1 is 0.750 bits per heavy atom. The van der Waals surface area contributed by atoms with E-state index in [0.29, 0.717) is 5.56 Å². The molecular weight excluding hydrogens is 471 g/mol. The number of carbonyl (C=O) groups is 3. The first kappa shape index (κ1) is 25.0. The molecule has 1 N–H and O–H groups in total. The van der Waals surface area contributed by atoms with E-state index in [0.717, 1.165) is 23.3 Å². The van der Waals surface area contributed by atoms with Gasteiger partial charge < -0.3 is 15.1 Å². The SMILES string of the molecule is O=C(NCC(=O)N1CCN(C(=O)c2ccccc2C(F)(F)F)CC1)c1cccc(-c2ccccc2)c1. The molecule has 0 spiro atoms. The van der Waals surface area contributed by atoms with E-state index in [9.17, 15) is 27.6 Å². The second kappa shape index (κ2) is 10.6. The standard InChI is InChI=1S/C27H24F3N3O3/c28-27(29,30)23-12-5-4-11-22(23)26(36)33-15-13-32(14-16-33)24(34)18-31-25(35)21-10-6-9-20(17-21)19-7-2-1-3-8-19/h1-12,17H,13-16,18H2,(H,31,35). The van der Waals surface area contributed by atoms with E-state index in [-0.39, 0.29) is 38.6 Å². The lowest BCUT2D eigenvalue weighted by Crippen LogP contribution is -2.52. The maximum Gasteiger partial charge on any atom is 0.417 e. The summed E-state index contributed by atoms with van der Waals surface area (Å²) in [5.74, 6) is -1.44. The Bertz CT molecular complexity index is 1250. The quantitative estimate of drug-likeness (QED) is 0.580. The van der Waals surface area contributed by atoms with Crippen molar-refractivity contribution in [3.63, 3.8) is 0 Å². The highest BCUT2D eigenvalue weighted by Crippen LogP contribution is 2.32. The maximum atomic E-state index is 13.3. The Labute approximate surface area is 206 Å². The molecule has 36 heavy (non-hydrogen) atoms. The third-order valence-electron chi connectivity index (χ3n) is 6.01. The van der Waals surface area contributed by atoms with Crippen molar-refractivity contribution in [1.29, 1.82) is 0 Å². The normalized spacial score (nSPS) is 13.9. The van der Waals surface area contributed by atoms with E-state index in [1.165, 1.54) is 21.9 Å². The van der Waals surface area contributed by atoms with E-state index < -0.39 is 29.1 Å². The van der Waals surface area contributed by atoms with Crippen LogP contribution in [0.4, 0.5) is 13.2 Å². The molecule has 3 aromatic carbocycles. The molecule has 0 aromatic heterocycles. The molecule has 1 aliphatic rings. The van der Waals surface area contributed by atoms with Crippen LogP contribution in [0.15, 0.2) is 78.9 Å². The van der Waals surface area contributed by atoms with Crippen molar-refractivity contribution in [2.24, 2.45) is 0 Å². The minimum absolute atomic E-state index is 0.101. The van der Waals surface area contributed by atoms with E-state index >= 15 is 0 Å². The van der Waals surface area contributed by atoms with Crippen molar-refractivity contribution in [2.75, 3.05) is 32.7 Å². The van der Waals surface area contributed by atoms with Crippen molar-refractivity contribution in [3.8, 4) is 11.1 Å². The van der Waals surface area contributed by atoms with Gasteiger partial charge in [-0.15, -0.1) is 0 Å². The molecule has 0 unspecified atom stereocenters. The number of nitrogens with zero attached hydrogens (tertiary/aromatic N) is 2. The van der Waals surface area contributed by atoms with Crippen LogP contribution in [-0.4, -0.2) is 60.2 Å². The van der Waals surface area contributed by atoms with Crippen LogP contribution in [0, 0.1) is 0 Å². The molecule has 1 heterocycles. The summed E-state index contributed by atoms with van der Waals surface area (Å²) >= 11 is 0. The number of rotatable bonds is 5. The van der Waals surface area contributed by atoms with Gasteiger partial charge in [-0.25, -0.2) is 0 Å². The van der Waals surface area contributed by atoms with Gasteiger partial charge in [-0.3, -0.25) is 14.4 Å². The molecule has 0 saturated carbocycles. The van der Waals surface area contributed by atoms with Gasteiger partial charge in [0, 0.05) is 31.7 Å². The molecule has 3 aromatic rings. The Kier molecular flexibility index (Phi) is 7.38. The minimum atomic E-state index is -4.64. The van der Waals surface area contributed by atoms with Crippen molar-refractivity contribution >= 4 is 17.7 Å². The molecule has 186 valence electrons. The fourth-order valence-electron chi connectivity index (χ4n) is 4.09.